The number of nitrogens with one attached hydrogen (secondary N) is 1. The van der Waals surface area contributed by atoms with Gasteiger partial charge in [0.1, 0.15) is 0 Å². The van der Waals surface area contributed by atoms with Crippen molar-refractivity contribution in [1.29, 1.82) is 0 Å². The quantitative estimate of drug-likeness (QED) is 0.821. The number of benzene rings is 1. The lowest BCUT2D eigenvalue weighted by Gasteiger charge is -2.12. The predicted octanol–water partition coefficient (Wildman–Crippen LogP) is 3.72. The monoisotopic (exact) mass is 223 g/mol. The molecule has 0 aromatic heterocycles. The fourth-order valence-corrected chi connectivity index (χ4v) is 2.03. The maximum Gasteiger partial charge on any atom is 0.0409 e. The van der Waals surface area contributed by atoms with Crippen LogP contribution in [0.1, 0.15) is 43.7 Å². The van der Waals surface area contributed by atoms with Crippen LogP contribution in [0.25, 0.3) is 0 Å². The van der Waals surface area contributed by atoms with Gasteiger partial charge in [-0.05, 0) is 42.0 Å². The van der Waals surface area contributed by atoms with Crippen molar-refractivity contribution in [1.82, 2.24) is 5.32 Å². The average molecular weight is 224 g/mol. The molecule has 0 heterocycles. The molecule has 1 saturated carbocycles. The Hall–Kier alpha value is -0.530. The van der Waals surface area contributed by atoms with Crippen molar-refractivity contribution in [2.45, 2.75) is 45.2 Å². The minimum atomic E-state index is 0.524. The van der Waals surface area contributed by atoms with Gasteiger partial charge in [0.05, 0.1) is 0 Å². The highest BCUT2D eigenvalue weighted by Crippen LogP contribution is 2.42. The topological polar surface area (TPSA) is 12.0 Å². The summed E-state index contributed by atoms with van der Waals surface area (Å²) in [5.74, 6) is 0.797. The summed E-state index contributed by atoms with van der Waals surface area (Å²) in [4.78, 5) is 0. The van der Waals surface area contributed by atoms with E-state index >= 15 is 0 Å². The van der Waals surface area contributed by atoms with Gasteiger partial charge in [-0.15, -0.1) is 0 Å². The molecule has 0 aliphatic heterocycles. The third-order valence-electron chi connectivity index (χ3n) is 2.82. The maximum absolute atomic E-state index is 6.03. The highest BCUT2D eigenvalue weighted by molar-refractivity contribution is 6.30. The van der Waals surface area contributed by atoms with Crippen molar-refractivity contribution in [3.63, 3.8) is 0 Å². The fraction of sp³-hybridized carbons (Fsp3) is 0.538. The SMILES string of the molecule is CC(C)NCc1cc(Cl)ccc1C1CC1. The molecule has 1 aromatic rings. The van der Waals surface area contributed by atoms with E-state index < -0.39 is 0 Å². The molecule has 0 spiro atoms. The molecule has 0 bridgehead atoms. The lowest BCUT2D eigenvalue weighted by Crippen LogP contribution is -2.22. The summed E-state index contributed by atoms with van der Waals surface area (Å²) in [7, 11) is 0. The van der Waals surface area contributed by atoms with Crippen molar-refractivity contribution in [2.24, 2.45) is 0 Å². The van der Waals surface area contributed by atoms with Crippen molar-refractivity contribution >= 4 is 11.6 Å². The molecule has 0 unspecified atom stereocenters. The van der Waals surface area contributed by atoms with E-state index in [1.165, 1.54) is 24.0 Å². The van der Waals surface area contributed by atoms with E-state index in [0.717, 1.165) is 17.5 Å². The average Bonchev–Trinajstić information content (AvgIpc) is 2.98. The van der Waals surface area contributed by atoms with Gasteiger partial charge < -0.3 is 5.32 Å². The Balaban J connectivity index is 2.14. The Kier molecular flexibility index (Phi) is 3.32. The normalized spacial score (nSPS) is 16.0. The van der Waals surface area contributed by atoms with Crippen molar-refractivity contribution in [3.05, 3.63) is 34.3 Å². The predicted molar refractivity (Wildman–Crippen MR) is 65.4 cm³/mol. The maximum atomic E-state index is 6.03. The number of halogens is 1. The molecule has 15 heavy (non-hydrogen) atoms. The van der Waals surface area contributed by atoms with Crippen LogP contribution in [0, 0.1) is 0 Å². The molecule has 2 rings (SSSR count). The fourth-order valence-electron chi connectivity index (χ4n) is 1.83. The van der Waals surface area contributed by atoms with Gasteiger partial charge in [0.2, 0.25) is 0 Å². The molecule has 2 heteroatoms. The summed E-state index contributed by atoms with van der Waals surface area (Å²) in [5.41, 5.74) is 2.87. The Morgan fingerprint density at radius 1 is 1.40 bits per heavy atom. The molecule has 1 aliphatic rings. The molecule has 0 saturated heterocycles. The van der Waals surface area contributed by atoms with E-state index in [9.17, 15) is 0 Å². The van der Waals surface area contributed by atoms with Crippen molar-refractivity contribution in [3.8, 4) is 0 Å². The number of hydrogen-bond acceptors (Lipinski definition) is 1. The van der Waals surface area contributed by atoms with E-state index in [1.807, 2.05) is 6.07 Å². The van der Waals surface area contributed by atoms with Crippen LogP contribution in [-0.4, -0.2) is 6.04 Å². The zero-order valence-electron chi connectivity index (χ0n) is 9.39. The number of rotatable bonds is 4. The first-order valence-corrected chi connectivity index (χ1v) is 6.06. The van der Waals surface area contributed by atoms with Crippen molar-refractivity contribution < 1.29 is 0 Å². The van der Waals surface area contributed by atoms with E-state index in [0.29, 0.717) is 6.04 Å². The highest BCUT2D eigenvalue weighted by atomic mass is 35.5. The zero-order chi connectivity index (χ0) is 10.8. The summed E-state index contributed by atoms with van der Waals surface area (Å²) in [6, 6.07) is 6.83. The Morgan fingerprint density at radius 2 is 2.13 bits per heavy atom. The van der Waals surface area contributed by atoms with Crippen LogP contribution in [0.3, 0.4) is 0 Å². The van der Waals surface area contributed by atoms with Gasteiger partial charge in [-0.1, -0.05) is 31.5 Å². The van der Waals surface area contributed by atoms with Crippen molar-refractivity contribution in [2.75, 3.05) is 0 Å². The zero-order valence-corrected chi connectivity index (χ0v) is 10.1. The van der Waals surface area contributed by atoms with Gasteiger partial charge in [0.25, 0.3) is 0 Å². The molecule has 0 amide bonds. The minimum Gasteiger partial charge on any atom is -0.310 e. The lowest BCUT2D eigenvalue weighted by atomic mass is 10.0. The van der Waals surface area contributed by atoms with Gasteiger partial charge in [-0.3, -0.25) is 0 Å². The van der Waals surface area contributed by atoms with Gasteiger partial charge in [0.15, 0.2) is 0 Å². The molecule has 1 aromatic carbocycles. The molecular weight excluding hydrogens is 206 g/mol. The molecule has 0 radical (unpaired) electrons. The van der Waals surface area contributed by atoms with E-state index in [-0.39, 0.29) is 0 Å². The first-order chi connectivity index (χ1) is 7.16. The molecule has 0 atom stereocenters. The molecule has 1 fully saturated rings. The van der Waals surface area contributed by atoms with Crippen LogP contribution in [-0.2, 0) is 6.54 Å². The summed E-state index contributed by atoms with van der Waals surface area (Å²) in [6.45, 7) is 5.27. The lowest BCUT2D eigenvalue weighted by molar-refractivity contribution is 0.586. The summed E-state index contributed by atoms with van der Waals surface area (Å²) in [6.07, 6.45) is 2.69. The molecule has 1 N–H and O–H groups in total. The minimum absolute atomic E-state index is 0.524. The molecule has 82 valence electrons. The summed E-state index contributed by atoms with van der Waals surface area (Å²) in [5, 5.41) is 4.30. The van der Waals surface area contributed by atoms with E-state index in [2.05, 4.69) is 31.3 Å². The van der Waals surface area contributed by atoms with Gasteiger partial charge in [-0.25, -0.2) is 0 Å². The number of hydrogen-bond donors (Lipinski definition) is 1. The Labute approximate surface area is 96.8 Å². The van der Waals surface area contributed by atoms with Gasteiger partial charge in [-0.2, -0.15) is 0 Å². The largest absolute Gasteiger partial charge is 0.310 e. The first-order valence-electron chi connectivity index (χ1n) is 5.68. The molecule has 1 nitrogen and oxygen atoms in total. The summed E-state index contributed by atoms with van der Waals surface area (Å²) >= 11 is 6.03. The van der Waals surface area contributed by atoms with Crippen LogP contribution >= 0.6 is 11.6 Å². The van der Waals surface area contributed by atoms with Gasteiger partial charge >= 0.3 is 0 Å². The second kappa shape index (κ2) is 4.54. The molecular formula is C13H18ClN. The van der Waals surface area contributed by atoms with Crippen LogP contribution in [0.4, 0.5) is 0 Å². The third-order valence-corrected chi connectivity index (χ3v) is 3.06. The third kappa shape index (κ3) is 2.96. The van der Waals surface area contributed by atoms with Crippen LogP contribution in [0.5, 0.6) is 0 Å². The van der Waals surface area contributed by atoms with Crippen LogP contribution in [0.2, 0.25) is 5.02 Å². The smallest absolute Gasteiger partial charge is 0.0409 e. The van der Waals surface area contributed by atoms with Crippen LogP contribution < -0.4 is 5.32 Å². The van der Waals surface area contributed by atoms with E-state index in [4.69, 9.17) is 11.6 Å². The van der Waals surface area contributed by atoms with Gasteiger partial charge in [0, 0.05) is 17.6 Å². The Morgan fingerprint density at radius 3 is 2.73 bits per heavy atom. The first kappa shape index (κ1) is 11.0. The summed E-state index contributed by atoms with van der Waals surface area (Å²) < 4.78 is 0. The molecule has 1 aliphatic carbocycles. The van der Waals surface area contributed by atoms with E-state index in [1.54, 1.807) is 0 Å². The van der Waals surface area contributed by atoms with Crippen LogP contribution in [0.15, 0.2) is 18.2 Å². The highest BCUT2D eigenvalue weighted by Gasteiger charge is 2.25. The Bertz CT molecular complexity index is 342. The standard InChI is InChI=1S/C13H18ClN/c1-9(2)15-8-11-7-12(14)5-6-13(11)10-3-4-10/h5-7,9-10,15H,3-4,8H2,1-2H3. The second-order valence-electron chi connectivity index (χ2n) is 4.65. The second-order valence-corrected chi connectivity index (χ2v) is 5.09.